The van der Waals surface area contributed by atoms with Gasteiger partial charge in [-0.15, -0.1) is 0 Å². The number of benzene rings is 1. The molecule has 0 saturated carbocycles. The Morgan fingerprint density at radius 1 is 1.21 bits per heavy atom. The topological polar surface area (TPSA) is 67.8 Å². The van der Waals surface area contributed by atoms with Crippen molar-refractivity contribution < 1.29 is 4.79 Å². The van der Waals surface area contributed by atoms with Crippen LogP contribution in [-0.4, -0.2) is 40.6 Å². The minimum absolute atomic E-state index is 0.123. The number of hydrogen-bond acceptors (Lipinski definition) is 5. The van der Waals surface area contributed by atoms with Gasteiger partial charge in [0.1, 0.15) is 0 Å². The molecule has 5 nitrogen and oxygen atoms in total. The van der Waals surface area contributed by atoms with Crippen molar-refractivity contribution in [1.29, 1.82) is 0 Å². The van der Waals surface area contributed by atoms with E-state index in [1.807, 2.05) is 12.1 Å². The molecule has 9 heteroatoms. The van der Waals surface area contributed by atoms with E-state index in [9.17, 15) is 4.79 Å². The number of thioether (sulfide) groups is 1. The van der Waals surface area contributed by atoms with Gasteiger partial charge < -0.3 is 0 Å². The Kier molecular flexibility index (Phi) is 5.92. The summed E-state index contributed by atoms with van der Waals surface area (Å²) < 4.78 is 5.09. The number of anilines is 1. The van der Waals surface area contributed by atoms with Crippen LogP contribution in [0.3, 0.4) is 0 Å². The monoisotopic (exact) mass is 444 g/mol. The first-order valence-corrected chi connectivity index (χ1v) is 10.1. The van der Waals surface area contributed by atoms with Gasteiger partial charge in [-0.05, 0) is 0 Å². The Labute approximate surface area is 158 Å². The number of rotatable bonds is 5. The quantitative estimate of drug-likeness (QED) is 0.481. The van der Waals surface area contributed by atoms with E-state index in [0.29, 0.717) is 15.9 Å². The molecule has 0 radical (unpaired) electrons. The third-order valence-corrected chi connectivity index (χ3v) is 6.74. The van der Waals surface area contributed by atoms with Crippen LogP contribution in [0.1, 0.15) is 0 Å². The summed E-state index contributed by atoms with van der Waals surface area (Å²) in [4.78, 5) is 16.1. The summed E-state index contributed by atoms with van der Waals surface area (Å²) in [5, 5.41) is 7.89. The molecule has 2 aromatic heterocycles. The summed E-state index contributed by atoms with van der Waals surface area (Å²) in [6.45, 7) is 0. The van der Waals surface area contributed by atoms with Crippen LogP contribution in [0.5, 0.6) is 0 Å². The van der Waals surface area contributed by atoms with Gasteiger partial charge in [-0.25, -0.2) is 0 Å². The number of aromatic nitrogens is 3. The number of carbonyl (C=O) groups excluding carboxylic acids is 1. The van der Waals surface area contributed by atoms with Gasteiger partial charge in [0.15, 0.2) is 0 Å². The molecule has 0 aliphatic rings. The number of nitrogens with one attached hydrogen (secondary N) is 1. The minimum atomic E-state index is -0.128. The molecule has 24 heavy (non-hydrogen) atoms. The molecule has 0 aliphatic heterocycles. The Morgan fingerprint density at radius 2 is 2.08 bits per heavy atom. The molecule has 0 saturated heterocycles. The van der Waals surface area contributed by atoms with Gasteiger partial charge in [0.2, 0.25) is 0 Å². The van der Waals surface area contributed by atoms with Gasteiger partial charge in [-0.3, -0.25) is 0 Å². The zero-order valence-corrected chi connectivity index (χ0v) is 16.1. The van der Waals surface area contributed by atoms with Crippen LogP contribution in [0.15, 0.2) is 46.4 Å². The zero-order valence-electron chi connectivity index (χ0n) is 12.1. The van der Waals surface area contributed by atoms with Gasteiger partial charge >= 0.3 is 159 Å². The number of halogens is 2. The number of amides is 1. The summed E-state index contributed by atoms with van der Waals surface area (Å²) >= 11 is 13.3. The molecule has 1 N–H and O–H groups in total. The molecule has 2 heterocycles. The Bertz CT molecular complexity index is 860. The van der Waals surface area contributed by atoms with E-state index < -0.39 is 0 Å². The maximum atomic E-state index is 12.0. The third-order valence-electron chi connectivity index (χ3n) is 2.92. The fourth-order valence-electron chi connectivity index (χ4n) is 1.84. The second kappa shape index (κ2) is 8.14. The normalized spacial score (nSPS) is 10.6. The van der Waals surface area contributed by atoms with Crippen molar-refractivity contribution in [1.82, 2.24) is 14.2 Å². The number of pyridine rings is 1. The average molecular weight is 444 g/mol. The van der Waals surface area contributed by atoms with Crippen molar-refractivity contribution in [2.45, 2.75) is 3.77 Å². The summed E-state index contributed by atoms with van der Waals surface area (Å²) in [7, 11) is 0. The van der Waals surface area contributed by atoms with Crippen molar-refractivity contribution >= 4 is 61.4 Å². The van der Waals surface area contributed by atoms with E-state index >= 15 is 0 Å². The molecule has 3 aromatic rings. The molecule has 1 amide bonds. The Balaban J connectivity index is 1.67. The van der Waals surface area contributed by atoms with Gasteiger partial charge in [0, 0.05) is 0 Å². The predicted molar refractivity (Wildman–Crippen MR) is 98.0 cm³/mol. The second-order valence-corrected chi connectivity index (χ2v) is 8.56. The second-order valence-electron chi connectivity index (χ2n) is 4.59. The van der Waals surface area contributed by atoms with E-state index in [-0.39, 0.29) is 26.4 Å². The fraction of sp³-hybridized carbons (Fsp3) is 0.0667. The molecular formula is C15H10Cl2N4OSSe. The average Bonchev–Trinajstić information content (AvgIpc) is 3.05. The van der Waals surface area contributed by atoms with Crippen LogP contribution in [0.2, 0.25) is 10.0 Å². The van der Waals surface area contributed by atoms with Gasteiger partial charge in [-0.2, -0.15) is 0 Å². The van der Waals surface area contributed by atoms with Gasteiger partial charge in [-0.1, -0.05) is 0 Å². The Hall–Kier alpha value is -1.37. The molecule has 0 spiro atoms. The first kappa shape index (κ1) is 17.5. The molecule has 3 rings (SSSR count). The van der Waals surface area contributed by atoms with Gasteiger partial charge in [0.05, 0.1) is 0 Å². The van der Waals surface area contributed by atoms with E-state index in [4.69, 9.17) is 23.2 Å². The predicted octanol–water partition coefficient (Wildman–Crippen LogP) is 3.63. The van der Waals surface area contributed by atoms with Crippen LogP contribution < -0.4 is 5.32 Å². The van der Waals surface area contributed by atoms with Crippen LogP contribution in [0.25, 0.3) is 11.3 Å². The summed E-state index contributed by atoms with van der Waals surface area (Å²) in [5.41, 5.74) is 1.60. The van der Waals surface area contributed by atoms with Gasteiger partial charge in [0.25, 0.3) is 0 Å². The Morgan fingerprint density at radius 3 is 2.83 bits per heavy atom. The van der Waals surface area contributed by atoms with E-state index in [2.05, 4.69) is 19.5 Å². The molecule has 0 aliphatic carbocycles. The van der Waals surface area contributed by atoms with Crippen LogP contribution >= 0.6 is 35.0 Å². The number of hydrogen-bond donors (Lipinski definition) is 1. The molecule has 0 unspecified atom stereocenters. The molecule has 1 aromatic carbocycles. The zero-order chi connectivity index (χ0) is 16.9. The van der Waals surface area contributed by atoms with Crippen molar-refractivity contribution in [2.24, 2.45) is 0 Å². The first-order valence-electron chi connectivity index (χ1n) is 6.75. The van der Waals surface area contributed by atoms with E-state index in [0.717, 1.165) is 15.0 Å². The summed E-state index contributed by atoms with van der Waals surface area (Å²) in [6, 6.07) is 10.7. The van der Waals surface area contributed by atoms with Crippen molar-refractivity contribution in [3.8, 4) is 11.3 Å². The molecule has 0 bridgehead atoms. The van der Waals surface area contributed by atoms with E-state index in [1.165, 1.54) is 11.8 Å². The molecular weight excluding hydrogens is 434 g/mol. The third kappa shape index (κ3) is 4.37. The first-order chi connectivity index (χ1) is 11.6. The SMILES string of the molecule is O=C(CSc1[se]nnc1-c1ccc(Cl)c(Cl)c1)Nc1ccccn1. The van der Waals surface area contributed by atoms with Crippen LogP contribution in [-0.2, 0) is 4.79 Å². The molecule has 0 fully saturated rings. The van der Waals surface area contributed by atoms with E-state index in [1.54, 1.807) is 30.5 Å². The molecule has 122 valence electrons. The van der Waals surface area contributed by atoms with Crippen LogP contribution in [0, 0.1) is 0 Å². The van der Waals surface area contributed by atoms with Crippen molar-refractivity contribution in [2.75, 3.05) is 11.1 Å². The standard InChI is InChI=1S/C15H10Cl2N4OSSe/c16-10-5-4-9(7-11(10)17)14-15(24-21-20-14)23-8-13(22)19-12-3-1-2-6-18-12/h1-7H,8H2,(H,18,19,22). The number of nitrogens with zero attached hydrogens (tertiary/aromatic N) is 3. The fourth-order valence-corrected chi connectivity index (χ4v) is 4.63. The number of carbonyl (C=O) groups is 1. The molecule has 0 atom stereocenters. The summed E-state index contributed by atoms with van der Waals surface area (Å²) in [6.07, 6.45) is 1.63. The maximum absolute atomic E-state index is 12.0. The van der Waals surface area contributed by atoms with Crippen molar-refractivity contribution in [3.05, 3.63) is 52.6 Å². The van der Waals surface area contributed by atoms with Crippen molar-refractivity contribution in [3.63, 3.8) is 0 Å². The van der Waals surface area contributed by atoms with Crippen LogP contribution in [0.4, 0.5) is 5.82 Å². The summed E-state index contributed by atoms with van der Waals surface area (Å²) in [5.74, 6) is 0.680.